The zero-order valence-electron chi connectivity index (χ0n) is 16.7. The molecule has 0 fully saturated rings. The Kier molecular flexibility index (Phi) is 5.87. The Morgan fingerprint density at radius 1 is 1.06 bits per heavy atom. The average Bonchev–Trinajstić information content (AvgIpc) is 3.46. The number of nitrogens with zero attached hydrogens (tertiary/aromatic N) is 4. The summed E-state index contributed by atoms with van der Waals surface area (Å²) in [6.07, 6.45) is -4.62. The van der Waals surface area contributed by atoms with E-state index in [0.29, 0.717) is 11.3 Å². The summed E-state index contributed by atoms with van der Waals surface area (Å²) in [7, 11) is 0. The Morgan fingerprint density at radius 3 is 2.38 bits per heavy atom. The summed E-state index contributed by atoms with van der Waals surface area (Å²) < 4.78 is 41.0. The number of hydrazone groups is 1. The lowest BCUT2D eigenvalue weighted by atomic mass is 10.1. The lowest BCUT2D eigenvalue weighted by molar-refractivity contribution is -0.141. The second-order valence-electron chi connectivity index (χ2n) is 6.71. The van der Waals surface area contributed by atoms with E-state index in [4.69, 9.17) is 0 Å². The van der Waals surface area contributed by atoms with Crippen molar-refractivity contribution in [2.45, 2.75) is 13.1 Å². The molecule has 0 saturated heterocycles. The topological polar surface area (TPSA) is 72.2 Å². The number of benzene rings is 2. The molecule has 2 heterocycles. The Morgan fingerprint density at radius 2 is 1.72 bits per heavy atom. The van der Waals surface area contributed by atoms with Gasteiger partial charge in [-0.15, -0.1) is 11.3 Å². The van der Waals surface area contributed by atoms with Gasteiger partial charge in [0.15, 0.2) is 5.69 Å². The SMILES string of the molecule is C/C(=N/NC(=O)c1csc(-n2nc(C(F)(F)F)cc2-c2ccccc2)n1)c1ccccc1. The summed E-state index contributed by atoms with van der Waals surface area (Å²) >= 11 is 1.01. The number of amides is 1. The van der Waals surface area contributed by atoms with E-state index in [0.717, 1.165) is 27.6 Å². The molecule has 32 heavy (non-hydrogen) atoms. The molecule has 0 unspecified atom stereocenters. The maximum Gasteiger partial charge on any atom is 0.435 e. The zero-order chi connectivity index (χ0) is 22.7. The molecular weight excluding hydrogens is 439 g/mol. The number of halogens is 3. The Balaban J connectivity index is 1.62. The summed E-state index contributed by atoms with van der Waals surface area (Å²) in [5.74, 6) is -0.577. The maximum atomic E-state index is 13.3. The molecule has 4 aromatic rings. The predicted molar refractivity (Wildman–Crippen MR) is 116 cm³/mol. The Labute approximate surface area is 185 Å². The van der Waals surface area contributed by atoms with Gasteiger partial charge in [0.2, 0.25) is 5.13 Å². The highest BCUT2D eigenvalue weighted by Gasteiger charge is 2.35. The van der Waals surface area contributed by atoms with Crippen molar-refractivity contribution < 1.29 is 18.0 Å². The van der Waals surface area contributed by atoms with Gasteiger partial charge in [0.1, 0.15) is 5.69 Å². The number of aromatic nitrogens is 3. The van der Waals surface area contributed by atoms with E-state index in [1.54, 1.807) is 37.3 Å². The minimum absolute atomic E-state index is 0.0256. The van der Waals surface area contributed by atoms with Gasteiger partial charge in [-0.2, -0.15) is 23.4 Å². The number of carbonyl (C=O) groups excluding carboxylic acids is 1. The highest BCUT2D eigenvalue weighted by Crippen LogP contribution is 2.33. The van der Waals surface area contributed by atoms with Crippen LogP contribution in [0.4, 0.5) is 13.2 Å². The van der Waals surface area contributed by atoms with Gasteiger partial charge in [-0.25, -0.2) is 15.1 Å². The maximum absolute atomic E-state index is 13.3. The van der Waals surface area contributed by atoms with Crippen LogP contribution in [0.2, 0.25) is 0 Å². The van der Waals surface area contributed by atoms with Crippen LogP contribution in [0.5, 0.6) is 0 Å². The fourth-order valence-corrected chi connectivity index (χ4v) is 3.65. The first-order valence-corrected chi connectivity index (χ1v) is 10.3. The molecule has 0 spiro atoms. The van der Waals surface area contributed by atoms with Crippen LogP contribution in [-0.2, 0) is 6.18 Å². The van der Waals surface area contributed by atoms with E-state index in [1.807, 2.05) is 30.3 Å². The van der Waals surface area contributed by atoms with Crippen molar-refractivity contribution in [3.05, 3.63) is 89.1 Å². The van der Waals surface area contributed by atoms with E-state index >= 15 is 0 Å². The molecule has 1 amide bonds. The molecule has 0 aliphatic carbocycles. The zero-order valence-corrected chi connectivity index (χ0v) is 17.5. The molecule has 0 aliphatic heterocycles. The fraction of sp³-hybridized carbons (Fsp3) is 0.0909. The van der Waals surface area contributed by atoms with Gasteiger partial charge in [0.05, 0.1) is 11.4 Å². The van der Waals surface area contributed by atoms with E-state index in [1.165, 1.54) is 5.38 Å². The monoisotopic (exact) mass is 455 g/mol. The van der Waals surface area contributed by atoms with E-state index in [2.05, 4.69) is 20.6 Å². The van der Waals surface area contributed by atoms with Crippen molar-refractivity contribution in [2.24, 2.45) is 5.10 Å². The minimum atomic E-state index is -4.62. The summed E-state index contributed by atoms with van der Waals surface area (Å²) in [5.41, 5.74) is 3.61. The molecule has 4 rings (SSSR count). The number of hydrogen-bond acceptors (Lipinski definition) is 5. The first-order valence-electron chi connectivity index (χ1n) is 9.41. The van der Waals surface area contributed by atoms with Crippen molar-refractivity contribution in [2.75, 3.05) is 0 Å². The number of nitrogens with one attached hydrogen (secondary N) is 1. The van der Waals surface area contributed by atoms with Crippen LogP contribution in [0.1, 0.15) is 28.7 Å². The molecule has 0 bridgehead atoms. The van der Waals surface area contributed by atoms with Crippen molar-refractivity contribution in [1.29, 1.82) is 0 Å². The van der Waals surface area contributed by atoms with E-state index in [9.17, 15) is 18.0 Å². The normalized spacial score (nSPS) is 12.1. The number of alkyl halides is 3. The van der Waals surface area contributed by atoms with Crippen molar-refractivity contribution in [3.8, 4) is 16.4 Å². The average molecular weight is 455 g/mol. The van der Waals surface area contributed by atoms with Gasteiger partial charge in [-0.05, 0) is 18.6 Å². The molecule has 162 valence electrons. The summed E-state index contributed by atoms with van der Waals surface area (Å²) in [5, 5.41) is 9.34. The second-order valence-corrected chi connectivity index (χ2v) is 7.55. The Hall–Kier alpha value is -3.79. The molecule has 1 N–H and O–H groups in total. The molecule has 0 atom stereocenters. The van der Waals surface area contributed by atoms with Crippen LogP contribution in [0.3, 0.4) is 0 Å². The number of hydrogen-bond donors (Lipinski definition) is 1. The van der Waals surface area contributed by atoms with E-state index in [-0.39, 0.29) is 16.5 Å². The van der Waals surface area contributed by atoms with Gasteiger partial charge < -0.3 is 0 Å². The predicted octanol–water partition coefficient (Wildman–Crippen LogP) is 5.17. The minimum Gasteiger partial charge on any atom is -0.266 e. The third-order valence-electron chi connectivity index (χ3n) is 4.49. The van der Waals surface area contributed by atoms with Gasteiger partial charge in [-0.1, -0.05) is 60.7 Å². The molecule has 2 aromatic carbocycles. The third kappa shape index (κ3) is 4.59. The molecule has 10 heteroatoms. The van der Waals surface area contributed by atoms with Crippen molar-refractivity contribution >= 4 is 23.0 Å². The molecule has 2 aromatic heterocycles. The molecule has 0 aliphatic rings. The van der Waals surface area contributed by atoms with Crippen molar-refractivity contribution in [3.63, 3.8) is 0 Å². The van der Waals surface area contributed by atoms with E-state index < -0.39 is 17.8 Å². The highest BCUT2D eigenvalue weighted by atomic mass is 32.1. The molecule has 6 nitrogen and oxygen atoms in total. The van der Waals surface area contributed by atoms with Crippen LogP contribution >= 0.6 is 11.3 Å². The number of rotatable bonds is 5. The van der Waals surface area contributed by atoms with Crippen LogP contribution in [-0.4, -0.2) is 26.4 Å². The molecule has 0 radical (unpaired) electrons. The number of thiazole rings is 1. The lowest BCUT2D eigenvalue weighted by Crippen LogP contribution is -2.19. The van der Waals surface area contributed by atoms with Gasteiger partial charge in [0, 0.05) is 10.9 Å². The van der Waals surface area contributed by atoms with Crippen LogP contribution in [0.25, 0.3) is 16.4 Å². The second kappa shape index (κ2) is 8.75. The first-order chi connectivity index (χ1) is 15.3. The third-order valence-corrected chi connectivity index (χ3v) is 5.31. The van der Waals surface area contributed by atoms with Crippen molar-refractivity contribution in [1.82, 2.24) is 20.2 Å². The fourth-order valence-electron chi connectivity index (χ4n) is 2.88. The van der Waals surface area contributed by atoms with Crippen LogP contribution in [0.15, 0.2) is 77.2 Å². The molecular formula is C22H16F3N5OS. The molecule has 0 saturated carbocycles. The van der Waals surface area contributed by atoms with Crippen LogP contribution in [0, 0.1) is 0 Å². The largest absolute Gasteiger partial charge is 0.435 e. The highest BCUT2D eigenvalue weighted by molar-refractivity contribution is 7.12. The lowest BCUT2D eigenvalue weighted by Gasteiger charge is -2.04. The smallest absolute Gasteiger partial charge is 0.266 e. The van der Waals surface area contributed by atoms with Gasteiger partial charge in [-0.3, -0.25) is 4.79 Å². The first kappa shape index (κ1) is 21.4. The standard InChI is InChI=1S/C22H16F3N5OS/c1-14(15-8-4-2-5-9-15)27-28-20(31)17-13-32-21(26-17)30-18(16-10-6-3-7-11-16)12-19(29-30)22(23,24)25/h2-13H,1H3,(H,28,31)/b27-14-. The summed E-state index contributed by atoms with van der Waals surface area (Å²) in [6, 6.07) is 18.8. The van der Waals surface area contributed by atoms with Crippen LogP contribution < -0.4 is 5.43 Å². The summed E-state index contributed by atoms with van der Waals surface area (Å²) in [4.78, 5) is 16.6. The number of carbonyl (C=O) groups is 1. The summed E-state index contributed by atoms with van der Waals surface area (Å²) in [6.45, 7) is 1.75. The van der Waals surface area contributed by atoms with Gasteiger partial charge >= 0.3 is 6.18 Å². The van der Waals surface area contributed by atoms with Gasteiger partial charge in [0.25, 0.3) is 5.91 Å². The Bertz CT molecular complexity index is 1260. The quantitative estimate of drug-likeness (QED) is 0.333.